The van der Waals surface area contributed by atoms with Crippen molar-refractivity contribution in [3.05, 3.63) is 0 Å². The first-order valence-corrected chi connectivity index (χ1v) is 6.59. The molecule has 1 unspecified atom stereocenters. The van der Waals surface area contributed by atoms with Crippen LogP contribution in [0.25, 0.3) is 0 Å². The Kier molecular flexibility index (Phi) is 6.75. The standard InChI is InChI=1S/C12H23N3O4/c1-9(16)15(2)13-7-6-10(12(17)18)14-11-5-3-4-8-19-11/h10-11,13-14H,3-8H2,1-2H3,(H,17,18)/t10-,11?/m0/s1. The fourth-order valence-electron chi connectivity index (χ4n) is 1.86. The van der Waals surface area contributed by atoms with Crippen LogP contribution in [-0.4, -0.2) is 54.5 Å². The molecule has 0 aromatic carbocycles. The second kappa shape index (κ2) is 8.08. The normalized spacial score (nSPS) is 20.8. The van der Waals surface area contributed by atoms with Gasteiger partial charge in [-0.05, 0) is 25.7 Å². The lowest BCUT2D eigenvalue weighted by Gasteiger charge is -2.27. The highest BCUT2D eigenvalue weighted by molar-refractivity contribution is 5.73. The number of aliphatic carboxylic acids is 1. The summed E-state index contributed by atoms with van der Waals surface area (Å²) in [6.45, 7) is 2.53. The SMILES string of the molecule is CC(=O)N(C)NCC[C@H](NC1CCCCO1)C(=O)O. The predicted molar refractivity (Wildman–Crippen MR) is 69.2 cm³/mol. The van der Waals surface area contributed by atoms with E-state index in [1.165, 1.54) is 11.9 Å². The van der Waals surface area contributed by atoms with Crippen LogP contribution in [0.1, 0.15) is 32.6 Å². The van der Waals surface area contributed by atoms with E-state index in [1.807, 2.05) is 0 Å². The summed E-state index contributed by atoms with van der Waals surface area (Å²) in [5.74, 6) is -1.02. The summed E-state index contributed by atoms with van der Waals surface area (Å²) in [5.41, 5.74) is 2.84. The number of nitrogens with zero attached hydrogens (tertiary/aromatic N) is 1. The molecular weight excluding hydrogens is 250 g/mol. The van der Waals surface area contributed by atoms with Crippen molar-refractivity contribution in [1.82, 2.24) is 15.8 Å². The van der Waals surface area contributed by atoms with Gasteiger partial charge in [0.1, 0.15) is 12.3 Å². The van der Waals surface area contributed by atoms with E-state index in [-0.39, 0.29) is 12.1 Å². The monoisotopic (exact) mass is 273 g/mol. The lowest BCUT2D eigenvalue weighted by molar-refractivity contribution is -0.141. The van der Waals surface area contributed by atoms with Crippen molar-refractivity contribution in [3.8, 4) is 0 Å². The zero-order valence-electron chi connectivity index (χ0n) is 11.5. The minimum Gasteiger partial charge on any atom is -0.480 e. The van der Waals surface area contributed by atoms with Crippen LogP contribution in [-0.2, 0) is 14.3 Å². The first-order valence-electron chi connectivity index (χ1n) is 6.59. The molecule has 1 aliphatic rings. The molecule has 2 atom stereocenters. The Hall–Kier alpha value is -1.18. The van der Waals surface area contributed by atoms with Gasteiger partial charge >= 0.3 is 5.97 Å². The number of nitrogens with one attached hydrogen (secondary N) is 2. The van der Waals surface area contributed by atoms with Gasteiger partial charge < -0.3 is 9.84 Å². The minimum absolute atomic E-state index is 0.115. The molecule has 1 aliphatic heterocycles. The summed E-state index contributed by atoms with van der Waals surface area (Å²) >= 11 is 0. The Labute approximate surface area is 113 Å². The molecule has 1 saturated heterocycles. The molecule has 7 nitrogen and oxygen atoms in total. The number of ether oxygens (including phenoxy) is 1. The number of carbonyl (C=O) groups excluding carboxylic acids is 1. The van der Waals surface area contributed by atoms with Crippen molar-refractivity contribution in [2.75, 3.05) is 20.2 Å². The van der Waals surface area contributed by atoms with Crippen molar-refractivity contribution in [2.45, 2.75) is 44.9 Å². The number of hydrogen-bond acceptors (Lipinski definition) is 5. The molecule has 0 aromatic heterocycles. The van der Waals surface area contributed by atoms with E-state index < -0.39 is 12.0 Å². The maximum absolute atomic E-state index is 11.2. The first kappa shape index (κ1) is 15.9. The maximum Gasteiger partial charge on any atom is 0.320 e. The van der Waals surface area contributed by atoms with Gasteiger partial charge in [0.25, 0.3) is 0 Å². The predicted octanol–water partition coefficient (Wildman–Crippen LogP) is -0.0712. The van der Waals surface area contributed by atoms with Gasteiger partial charge in [-0.25, -0.2) is 5.43 Å². The third kappa shape index (κ3) is 6.00. The molecule has 1 amide bonds. The second-order valence-electron chi connectivity index (χ2n) is 4.69. The van der Waals surface area contributed by atoms with Gasteiger partial charge in [0.15, 0.2) is 0 Å². The molecule has 19 heavy (non-hydrogen) atoms. The largest absolute Gasteiger partial charge is 0.480 e. The summed E-state index contributed by atoms with van der Waals surface area (Å²) in [6, 6.07) is -0.670. The lowest BCUT2D eigenvalue weighted by Crippen LogP contribution is -2.48. The molecule has 0 aromatic rings. The number of hydrazine groups is 1. The summed E-state index contributed by atoms with van der Waals surface area (Å²) < 4.78 is 5.46. The average Bonchev–Trinajstić information content (AvgIpc) is 2.38. The topological polar surface area (TPSA) is 90.9 Å². The van der Waals surface area contributed by atoms with Gasteiger partial charge in [0, 0.05) is 27.1 Å². The van der Waals surface area contributed by atoms with E-state index >= 15 is 0 Å². The Bertz CT molecular complexity index is 305. The number of hydrogen-bond donors (Lipinski definition) is 3. The summed E-state index contributed by atoms with van der Waals surface area (Å²) in [5, 5.41) is 13.5. The van der Waals surface area contributed by atoms with E-state index in [1.54, 1.807) is 7.05 Å². The molecule has 1 rings (SSSR count). The highest BCUT2D eigenvalue weighted by Crippen LogP contribution is 2.11. The third-order valence-electron chi connectivity index (χ3n) is 3.12. The molecule has 3 N–H and O–H groups in total. The molecule has 1 fully saturated rings. The molecule has 0 radical (unpaired) electrons. The first-order chi connectivity index (χ1) is 9.00. The molecule has 0 spiro atoms. The number of rotatable bonds is 7. The highest BCUT2D eigenvalue weighted by atomic mass is 16.5. The number of carboxylic acid groups (broad SMARTS) is 1. The van der Waals surface area contributed by atoms with Gasteiger partial charge in [-0.15, -0.1) is 0 Å². The summed E-state index contributed by atoms with van der Waals surface area (Å²) in [6.07, 6.45) is 3.12. The Balaban J connectivity index is 2.31. The molecule has 7 heteroatoms. The quantitative estimate of drug-likeness (QED) is 0.562. The van der Waals surface area contributed by atoms with Crippen LogP contribution in [0.2, 0.25) is 0 Å². The van der Waals surface area contributed by atoms with Crippen LogP contribution in [0.15, 0.2) is 0 Å². The molecule has 0 bridgehead atoms. The smallest absolute Gasteiger partial charge is 0.320 e. The summed E-state index contributed by atoms with van der Waals surface area (Å²) in [4.78, 5) is 22.1. The fourth-order valence-corrected chi connectivity index (χ4v) is 1.86. The van der Waals surface area contributed by atoms with Gasteiger partial charge in [-0.3, -0.25) is 19.9 Å². The number of amides is 1. The third-order valence-corrected chi connectivity index (χ3v) is 3.12. The maximum atomic E-state index is 11.2. The van der Waals surface area contributed by atoms with E-state index in [2.05, 4.69) is 10.7 Å². The zero-order valence-corrected chi connectivity index (χ0v) is 11.5. The van der Waals surface area contributed by atoms with Gasteiger partial charge in [-0.1, -0.05) is 0 Å². The van der Waals surface area contributed by atoms with E-state index in [9.17, 15) is 9.59 Å². The van der Waals surface area contributed by atoms with Crippen molar-refractivity contribution < 1.29 is 19.4 Å². The molecular formula is C12H23N3O4. The molecule has 1 heterocycles. The highest BCUT2D eigenvalue weighted by Gasteiger charge is 2.23. The average molecular weight is 273 g/mol. The van der Waals surface area contributed by atoms with Crippen molar-refractivity contribution in [3.63, 3.8) is 0 Å². The molecule has 110 valence electrons. The van der Waals surface area contributed by atoms with Crippen LogP contribution in [0.5, 0.6) is 0 Å². The number of carboxylic acids is 1. The van der Waals surface area contributed by atoms with Gasteiger partial charge in [0.2, 0.25) is 5.91 Å². The van der Waals surface area contributed by atoms with Crippen LogP contribution in [0, 0.1) is 0 Å². The van der Waals surface area contributed by atoms with Crippen LogP contribution in [0.4, 0.5) is 0 Å². The van der Waals surface area contributed by atoms with Crippen molar-refractivity contribution in [1.29, 1.82) is 0 Å². The van der Waals surface area contributed by atoms with E-state index in [0.717, 1.165) is 19.3 Å². The van der Waals surface area contributed by atoms with E-state index in [0.29, 0.717) is 19.6 Å². The van der Waals surface area contributed by atoms with Crippen LogP contribution in [0.3, 0.4) is 0 Å². The second-order valence-corrected chi connectivity index (χ2v) is 4.69. The minimum atomic E-state index is -0.901. The van der Waals surface area contributed by atoms with Crippen LogP contribution >= 0.6 is 0 Å². The Morgan fingerprint density at radius 2 is 2.21 bits per heavy atom. The lowest BCUT2D eigenvalue weighted by atomic mass is 10.1. The Morgan fingerprint density at radius 3 is 2.74 bits per heavy atom. The summed E-state index contributed by atoms with van der Waals surface area (Å²) in [7, 11) is 1.61. The fraction of sp³-hybridized carbons (Fsp3) is 0.833. The zero-order chi connectivity index (χ0) is 14.3. The van der Waals surface area contributed by atoms with E-state index in [4.69, 9.17) is 9.84 Å². The van der Waals surface area contributed by atoms with Crippen molar-refractivity contribution in [2.24, 2.45) is 0 Å². The number of carbonyl (C=O) groups is 2. The molecule has 0 aliphatic carbocycles. The van der Waals surface area contributed by atoms with Crippen LogP contribution < -0.4 is 10.7 Å². The Morgan fingerprint density at radius 1 is 1.47 bits per heavy atom. The van der Waals surface area contributed by atoms with Crippen molar-refractivity contribution >= 4 is 11.9 Å². The molecule has 0 saturated carbocycles. The van der Waals surface area contributed by atoms with Gasteiger partial charge in [0.05, 0.1) is 0 Å². The van der Waals surface area contributed by atoms with Gasteiger partial charge in [-0.2, -0.15) is 0 Å².